The van der Waals surface area contributed by atoms with Gasteiger partial charge in [0, 0.05) is 44.9 Å². The molecule has 194 valence electrons. The summed E-state index contributed by atoms with van der Waals surface area (Å²) >= 11 is 13.6. The molecule has 3 aromatic carbocycles. The summed E-state index contributed by atoms with van der Waals surface area (Å²) in [6.45, 7) is 0. The van der Waals surface area contributed by atoms with Gasteiger partial charge in [-0.2, -0.15) is 5.10 Å². The number of nitrogens with zero attached hydrogens (tertiary/aromatic N) is 3. The minimum absolute atomic E-state index is 0.107. The van der Waals surface area contributed by atoms with E-state index in [1.807, 2.05) is 17.5 Å². The highest BCUT2D eigenvalue weighted by Crippen LogP contribution is 2.32. The molecule has 0 radical (unpaired) electrons. The number of aromatic nitrogens is 1. The molecule has 0 aliphatic carbocycles. The Morgan fingerprint density at radius 1 is 1.03 bits per heavy atom. The molecule has 39 heavy (non-hydrogen) atoms. The topological polar surface area (TPSA) is 123 Å². The van der Waals surface area contributed by atoms with Crippen molar-refractivity contribution in [2.24, 2.45) is 5.10 Å². The maximum absolute atomic E-state index is 12.5. The number of carbonyl (C=O) groups excluding carboxylic acids is 1. The summed E-state index contributed by atoms with van der Waals surface area (Å²) in [5, 5.41) is 21.8. The first-order valence-electron chi connectivity index (χ1n) is 11.3. The molecular formula is C27H17Cl2N5O4S. The second kappa shape index (κ2) is 11.5. The van der Waals surface area contributed by atoms with Crippen LogP contribution in [0.15, 0.2) is 93.8 Å². The molecular weight excluding hydrogens is 561 g/mol. The Labute approximate surface area is 235 Å². The summed E-state index contributed by atoms with van der Waals surface area (Å²) in [7, 11) is 0. The van der Waals surface area contributed by atoms with Crippen LogP contribution in [0.25, 0.3) is 22.6 Å². The Hall–Kier alpha value is -4.51. The minimum Gasteiger partial charge on any atom is -0.455 e. The average molecular weight is 578 g/mol. The number of hydrogen-bond acceptors (Lipinski definition) is 8. The lowest BCUT2D eigenvalue weighted by molar-refractivity contribution is -0.384. The normalized spacial score (nSPS) is 11.0. The molecule has 2 aromatic heterocycles. The van der Waals surface area contributed by atoms with Gasteiger partial charge in [0.2, 0.25) is 0 Å². The number of thiazole rings is 1. The smallest absolute Gasteiger partial charge is 0.271 e. The van der Waals surface area contributed by atoms with Gasteiger partial charge in [-0.1, -0.05) is 35.3 Å². The third-order valence-electron chi connectivity index (χ3n) is 5.45. The fourth-order valence-electron chi connectivity index (χ4n) is 3.51. The van der Waals surface area contributed by atoms with Gasteiger partial charge in [-0.3, -0.25) is 14.9 Å². The van der Waals surface area contributed by atoms with Crippen molar-refractivity contribution >= 4 is 63.2 Å². The number of furan rings is 1. The van der Waals surface area contributed by atoms with Gasteiger partial charge in [0.25, 0.3) is 11.6 Å². The van der Waals surface area contributed by atoms with Gasteiger partial charge in [-0.25, -0.2) is 10.4 Å². The Morgan fingerprint density at radius 3 is 2.54 bits per heavy atom. The minimum atomic E-state index is -0.512. The zero-order valence-electron chi connectivity index (χ0n) is 19.8. The number of nitro benzene ring substituents is 1. The Morgan fingerprint density at radius 2 is 1.79 bits per heavy atom. The van der Waals surface area contributed by atoms with E-state index in [9.17, 15) is 14.9 Å². The monoisotopic (exact) mass is 577 g/mol. The molecule has 0 aliphatic heterocycles. The van der Waals surface area contributed by atoms with Crippen molar-refractivity contribution in [3.8, 4) is 22.6 Å². The Kier molecular flexibility index (Phi) is 7.69. The zero-order chi connectivity index (χ0) is 27.4. The first-order chi connectivity index (χ1) is 18.9. The van der Waals surface area contributed by atoms with Gasteiger partial charge in [0.05, 0.1) is 21.9 Å². The molecule has 2 N–H and O–H groups in total. The lowest BCUT2D eigenvalue weighted by atomic mass is 10.1. The summed E-state index contributed by atoms with van der Waals surface area (Å²) in [4.78, 5) is 27.6. The number of carbonyl (C=O) groups is 1. The maximum Gasteiger partial charge on any atom is 0.271 e. The summed E-state index contributed by atoms with van der Waals surface area (Å²) in [5.41, 5.74) is 5.65. The molecule has 0 atom stereocenters. The van der Waals surface area contributed by atoms with Gasteiger partial charge >= 0.3 is 0 Å². The molecule has 2 heterocycles. The fraction of sp³-hybridized carbons (Fsp3) is 0. The van der Waals surface area contributed by atoms with Crippen LogP contribution >= 0.6 is 34.5 Å². The summed E-state index contributed by atoms with van der Waals surface area (Å²) < 4.78 is 5.66. The van der Waals surface area contributed by atoms with Crippen LogP contribution in [-0.4, -0.2) is 22.0 Å². The first-order valence-corrected chi connectivity index (χ1v) is 13.0. The van der Waals surface area contributed by atoms with Crippen molar-refractivity contribution in [3.63, 3.8) is 0 Å². The Bertz CT molecular complexity index is 1680. The molecule has 0 bridgehead atoms. The summed E-state index contributed by atoms with van der Waals surface area (Å²) in [6, 6.07) is 21.6. The molecule has 0 fully saturated rings. The largest absolute Gasteiger partial charge is 0.455 e. The van der Waals surface area contributed by atoms with Crippen LogP contribution in [0.4, 0.5) is 16.5 Å². The van der Waals surface area contributed by atoms with Crippen LogP contribution < -0.4 is 10.7 Å². The second-order valence-corrected chi connectivity index (χ2v) is 9.77. The fourth-order valence-corrected chi connectivity index (χ4v) is 4.59. The van der Waals surface area contributed by atoms with Crippen molar-refractivity contribution in [1.82, 2.24) is 10.4 Å². The van der Waals surface area contributed by atoms with Crippen LogP contribution in [-0.2, 0) is 0 Å². The lowest BCUT2D eigenvalue weighted by Crippen LogP contribution is -2.17. The van der Waals surface area contributed by atoms with E-state index in [1.165, 1.54) is 35.8 Å². The number of rotatable bonds is 8. The van der Waals surface area contributed by atoms with E-state index in [0.717, 1.165) is 22.1 Å². The summed E-state index contributed by atoms with van der Waals surface area (Å²) in [5.74, 6) is 0.255. The van der Waals surface area contributed by atoms with Gasteiger partial charge in [-0.05, 0) is 54.6 Å². The van der Waals surface area contributed by atoms with E-state index >= 15 is 0 Å². The van der Waals surface area contributed by atoms with Crippen molar-refractivity contribution in [3.05, 3.63) is 116 Å². The van der Waals surface area contributed by atoms with Gasteiger partial charge in [-0.15, -0.1) is 11.3 Å². The third kappa shape index (κ3) is 6.32. The number of halogens is 2. The molecule has 0 aliphatic rings. The van der Waals surface area contributed by atoms with Crippen LogP contribution in [0, 0.1) is 10.1 Å². The third-order valence-corrected chi connectivity index (χ3v) is 6.79. The van der Waals surface area contributed by atoms with E-state index in [1.54, 1.807) is 48.5 Å². The summed E-state index contributed by atoms with van der Waals surface area (Å²) in [6.07, 6.45) is 1.32. The Balaban J connectivity index is 1.19. The van der Waals surface area contributed by atoms with Crippen LogP contribution in [0.1, 0.15) is 16.1 Å². The maximum atomic E-state index is 12.5. The van der Waals surface area contributed by atoms with E-state index in [4.69, 9.17) is 27.6 Å². The predicted octanol–water partition coefficient (Wildman–Crippen LogP) is 7.79. The number of anilines is 2. The zero-order valence-corrected chi connectivity index (χ0v) is 22.1. The standard InChI is InChI=1S/C27H17Cl2N5O4S/c28-18-5-7-19(8-6-18)31-27-32-24(15-39-27)16-1-3-17(4-2-16)26(35)33-30-14-21-10-12-25(38-21)22-13-20(34(36)37)9-11-23(22)29/h1-15H,(H,31,32)(H,33,35)/b30-14-. The van der Waals surface area contributed by atoms with Gasteiger partial charge in [0.1, 0.15) is 11.5 Å². The predicted molar refractivity (Wildman–Crippen MR) is 153 cm³/mol. The number of hydrazone groups is 1. The highest BCUT2D eigenvalue weighted by Gasteiger charge is 2.14. The molecule has 1 amide bonds. The van der Waals surface area contributed by atoms with E-state index < -0.39 is 10.8 Å². The highest BCUT2D eigenvalue weighted by atomic mass is 35.5. The van der Waals surface area contributed by atoms with Gasteiger partial charge < -0.3 is 9.73 Å². The van der Waals surface area contributed by atoms with Crippen molar-refractivity contribution in [1.29, 1.82) is 0 Å². The number of nitrogens with one attached hydrogen (secondary N) is 2. The number of benzene rings is 3. The highest BCUT2D eigenvalue weighted by molar-refractivity contribution is 7.14. The van der Waals surface area contributed by atoms with Crippen molar-refractivity contribution in [2.75, 3.05) is 5.32 Å². The molecule has 9 nitrogen and oxygen atoms in total. The molecule has 5 rings (SSSR count). The molecule has 12 heteroatoms. The first kappa shape index (κ1) is 26.1. The second-order valence-electron chi connectivity index (χ2n) is 8.07. The number of amides is 1. The lowest BCUT2D eigenvalue weighted by Gasteiger charge is -2.03. The number of hydrogen-bond donors (Lipinski definition) is 2. The van der Waals surface area contributed by atoms with Crippen LogP contribution in [0.2, 0.25) is 10.0 Å². The number of nitro groups is 1. The molecule has 0 spiro atoms. The van der Waals surface area contributed by atoms with Crippen LogP contribution in [0.5, 0.6) is 0 Å². The van der Waals surface area contributed by atoms with E-state index in [2.05, 4.69) is 20.8 Å². The SMILES string of the molecule is O=C(N/N=C\c1ccc(-c2cc([N+](=O)[O-])ccc2Cl)o1)c1ccc(-c2csc(Nc3ccc(Cl)cc3)n2)cc1. The van der Waals surface area contributed by atoms with Crippen molar-refractivity contribution in [2.45, 2.75) is 0 Å². The van der Waals surface area contributed by atoms with E-state index in [-0.39, 0.29) is 5.69 Å². The van der Waals surface area contributed by atoms with Crippen LogP contribution in [0.3, 0.4) is 0 Å². The van der Waals surface area contributed by atoms with E-state index in [0.29, 0.717) is 32.7 Å². The molecule has 0 saturated heterocycles. The molecule has 0 unspecified atom stereocenters. The van der Waals surface area contributed by atoms with Gasteiger partial charge in [0.15, 0.2) is 5.13 Å². The molecule has 5 aromatic rings. The average Bonchev–Trinajstić information content (AvgIpc) is 3.60. The number of non-ortho nitro benzene ring substituents is 1. The quantitative estimate of drug-likeness (QED) is 0.110. The molecule has 0 saturated carbocycles. The van der Waals surface area contributed by atoms with Crippen molar-refractivity contribution < 1.29 is 14.1 Å².